The van der Waals surface area contributed by atoms with Gasteiger partial charge in [0.2, 0.25) is 0 Å². The Hall–Kier alpha value is -2.64. The summed E-state index contributed by atoms with van der Waals surface area (Å²) >= 11 is 0. The Morgan fingerprint density at radius 2 is 2.11 bits per heavy atom. The van der Waals surface area contributed by atoms with Crippen LogP contribution >= 0.6 is 0 Å². The van der Waals surface area contributed by atoms with Crippen molar-refractivity contribution in [3.8, 4) is 0 Å². The van der Waals surface area contributed by atoms with Gasteiger partial charge in [0, 0.05) is 13.2 Å². The molecule has 0 fully saturated rings. The minimum atomic E-state index is -1.48. The zero-order valence-electron chi connectivity index (χ0n) is 10.1. The van der Waals surface area contributed by atoms with Crippen molar-refractivity contribution in [1.29, 1.82) is 0 Å². The molecule has 0 aliphatic heterocycles. The van der Waals surface area contributed by atoms with Crippen molar-refractivity contribution in [1.82, 2.24) is 10.3 Å². The van der Waals surface area contributed by atoms with Crippen LogP contribution in [-0.2, 0) is 9.59 Å². The second kappa shape index (κ2) is 6.34. The van der Waals surface area contributed by atoms with Gasteiger partial charge in [0.25, 0.3) is 0 Å². The molecule has 1 atom stereocenters. The smallest absolute Gasteiger partial charge is 0.326 e. The van der Waals surface area contributed by atoms with Crippen LogP contribution in [-0.4, -0.2) is 46.3 Å². The molecule has 1 aromatic heterocycles. The van der Waals surface area contributed by atoms with Crippen LogP contribution < -0.4 is 10.2 Å². The predicted molar refractivity (Wildman–Crippen MR) is 64.8 cm³/mol. The summed E-state index contributed by atoms with van der Waals surface area (Å²) in [4.78, 5) is 38.1. The zero-order valence-corrected chi connectivity index (χ0v) is 10.1. The van der Waals surface area contributed by atoms with Crippen LogP contribution in [0.1, 0.15) is 6.42 Å². The summed E-state index contributed by atoms with van der Waals surface area (Å²) in [6.07, 6.45) is 2.26. The number of carboxylic acids is 2. The van der Waals surface area contributed by atoms with Gasteiger partial charge >= 0.3 is 18.0 Å². The maximum Gasteiger partial charge on any atom is 0.326 e. The fourth-order valence-corrected chi connectivity index (χ4v) is 1.29. The highest BCUT2D eigenvalue weighted by molar-refractivity contribution is 5.94. The van der Waals surface area contributed by atoms with Crippen LogP contribution in [0.15, 0.2) is 24.5 Å². The summed E-state index contributed by atoms with van der Waals surface area (Å²) < 4.78 is 0. The largest absolute Gasteiger partial charge is 0.481 e. The number of carbonyl (C=O) groups is 3. The van der Waals surface area contributed by atoms with E-state index in [1.165, 1.54) is 19.4 Å². The summed E-state index contributed by atoms with van der Waals surface area (Å²) in [5.74, 6) is -2.72. The number of carbonyl (C=O) groups excluding carboxylic acids is 1. The first-order valence-electron chi connectivity index (χ1n) is 5.30. The summed E-state index contributed by atoms with van der Waals surface area (Å²) in [7, 11) is 1.42. The number of nitrogens with one attached hydrogen (secondary N) is 1. The van der Waals surface area contributed by atoms with E-state index in [-0.39, 0.29) is 0 Å². The van der Waals surface area contributed by atoms with Gasteiger partial charge in [0.15, 0.2) is 0 Å². The molecule has 8 nitrogen and oxygen atoms in total. The van der Waals surface area contributed by atoms with Crippen LogP contribution in [0.2, 0.25) is 0 Å². The first kappa shape index (κ1) is 14.4. The lowest BCUT2D eigenvalue weighted by Crippen LogP contribution is -2.47. The number of hydrogen-bond acceptors (Lipinski definition) is 4. The molecule has 0 radical (unpaired) electrons. The second-order valence-corrected chi connectivity index (χ2v) is 3.71. The van der Waals surface area contributed by atoms with E-state index in [2.05, 4.69) is 10.3 Å². The molecule has 2 amide bonds. The first-order valence-corrected chi connectivity index (χ1v) is 5.30. The summed E-state index contributed by atoms with van der Waals surface area (Å²) in [6.45, 7) is 0. The van der Waals surface area contributed by atoms with Gasteiger partial charge in [-0.2, -0.15) is 0 Å². The zero-order chi connectivity index (χ0) is 14.4. The van der Waals surface area contributed by atoms with E-state index in [9.17, 15) is 14.4 Å². The van der Waals surface area contributed by atoms with E-state index in [4.69, 9.17) is 10.2 Å². The Morgan fingerprint density at radius 3 is 2.58 bits per heavy atom. The standard InChI is InChI=1S/C11H13N3O5/c1-14(7-3-2-4-12-6-7)11(19)13-8(10(17)18)5-9(15)16/h2-4,6,8H,5H2,1H3,(H,13,19)(H,15,16)(H,17,18). The van der Waals surface area contributed by atoms with Gasteiger partial charge < -0.3 is 15.5 Å². The summed E-state index contributed by atoms with van der Waals surface area (Å²) in [5.41, 5.74) is 0.458. The third-order valence-corrected chi connectivity index (χ3v) is 2.31. The Balaban J connectivity index is 2.72. The van der Waals surface area contributed by atoms with E-state index in [1.807, 2.05) is 0 Å². The number of pyridine rings is 1. The quantitative estimate of drug-likeness (QED) is 0.698. The van der Waals surface area contributed by atoms with Crippen LogP contribution in [0.4, 0.5) is 10.5 Å². The molecular formula is C11H13N3O5. The lowest BCUT2D eigenvalue weighted by atomic mass is 10.2. The number of aliphatic carboxylic acids is 2. The van der Waals surface area contributed by atoms with Crippen molar-refractivity contribution in [2.75, 3.05) is 11.9 Å². The third-order valence-electron chi connectivity index (χ3n) is 2.31. The van der Waals surface area contributed by atoms with E-state index in [1.54, 1.807) is 12.1 Å². The number of carboxylic acid groups (broad SMARTS) is 2. The normalized spacial score (nSPS) is 11.4. The van der Waals surface area contributed by atoms with Gasteiger partial charge in [0.05, 0.1) is 18.3 Å². The van der Waals surface area contributed by atoms with Gasteiger partial charge in [0.1, 0.15) is 6.04 Å². The Morgan fingerprint density at radius 1 is 1.42 bits per heavy atom. The number of nitrogens with zero attached hydrogens (tertiary/aromatic N) is 2. The minimum Gasteiger partial charge on any atom is -0.481 e. The Labute approximate surface area is 108 Å². The number of rotatable bonds is 5. The summed E-state index contributed by atoms with van der Waals surface area (Å²) in [6, 6.07) is 1.02. The first-order chi connectivity index (χ1) is 8.91. The van der Waals surface area contributed by atoms with Crippen molar-refractivity contribution < 1.29 is 24.6 Å². The molecule has 19 heavy (non-hydrogen) atoms. The molecule has 0 bridgehead atoms. The van der Waals surface area contributed by atoms with E-state index < -0.39 is 30.4 Å². The van der Waals surface area contributed by atoms with Gasteiger partial charge in [-0.15, -0.1) is 0 Å². The molecule has 1 heterocycles. The average Bonchev–Trinajstić information content (AvgIpc) is 2.37. The van der Waals surface area contributed by atoms with Crippen molar-refractivity contribution >= 4 is 23.7 Å². The molecule has 1 rings (SSSR count). The SMILES string of the molecule is CN(C(=O)NC(CC(=O)O)C(=O)O)c1cccnc1. The third kappa shape index (κ3) is 4.26. The van der Waals surface area contributed by atoms with Crippen molar-refractivity contribution in [2.24, 2.45) is 0 Å². The fourth-order valence-electron chi connectivity index (χ4n) is 1.29. The molecule has 8 heteroatoms. The minimum absolute atomic E-state index is 0.458. The topological polar surface area (TPSA) is 120 Å². The maximum atomic E-state index is 11.8. The molecule has 0 saturated heterocycles. The fraction of sp³-hybridized carbons (Fsp3) is 0.273. The van der Waals surface area contributed by atoms with Gasteiger partial charge in [-0.3, -0.25) is 14.7 Å². The number of anilines is 1. The van der Waals surface area contributed by atoms with Crippen molar-refractivity contribution in [3.63, 3.8) is 0 Å². The molecule has 3 N–H and O–H groups in total. The highest BCUT2D eigenvalue weighted by atomic mass is 16.4. The lowest BCUT2D eigenvalue weighted by Gasteiger charge is -2.20. The maximum absolute atomic E-state index is 11.8. The molecule has 0 spiro atoms. The highest BCUT2D eigenvalue weighted by Crippen LogP contribution is 2.09. The second-order valence-electron chi connectivity index (χ2n) is 3.71. The van der Waals surface area contributed by atoms with Crippen LogP contribution in [0.3, 0.4) is 0 Å². The molecule has 1 unspecified atom stereocenters. The molecule has 0 saturated carbocycles. The van der Waals surface area contributed by atoms with Gasteiger partial charge in [-0.05, 0) is 12.1 Å². The number of aromatic nitrogens is 1. The monoisotopic (exact) mass is 267 g/mol. The van der Waals surface area contributed by atoms with E-state index in [0.29, 0.717) is 5.69 Å². The van der Waals surface area contributed by atoms with E-state index >= 15 is 0 Å². The molecule has 0 aromatic carbocycles. The molecule has 0 aliphatic carbocycles. The number of urea groups is 1. The molecule has 0 aliphatic rings. The van der Waals surface area contributed by atoms with Gasteiger partial charge in [-0.1, -0.05) is 0 Å². The lowest BCUT2D eigenvalue weighted by molar-refractivity contribution is -0.145. The highest BCUT2D eigenvalue weighted by Gasteiger charge is 2.24. The van der Waals surface area contributed by atoms with Crippen molar-refractivity contribution in [3.05, 3.63) is 24.5 Å². The van der Waals surface area contributed by atoms with Crippen LogP contribution in [0.5, 0.6) is 0 Å². The predicted octanol–water partition coefficient (Wildman–Crippen LogP) is 0.155. The number of hydrogen-bond donors (Lipinski definition) is 3. The molecular weight excluding hydrogens is 254 g/mol. The average molecular weight is 267 g/mol. The van der Waals surface area contributed by atoms with Crippen LogP contribution in [0, 0.1) is 0 Å². The van der Waals surface area contributed by atoms with Crippen LogP contribution in [0.25, 0.3) is 0 Å². The van der Waals surface area contributed by atoms with E-state index in [0.717, 1.165) is 4.90 Å². The Kier molecular flexibility index (Phi) is 4.81. The Bertz CT molecular complexity index is 476. The summed E-state index contributed by atoms with van der Waals surface area (Å²) in [5, 5.41) is 19.5. The van der Waals surface area contributed by atoms with Crippen molar-refractivity contribution in [2.45, 2.75) is 12.5 Å². The van der Waals surface area contributed by atoms with Gasteiger partial charge in [-0.25, -0.2) is 9.59 Å². The molecule has 102 valence electrons. The molecule has 1 aromatic rings. The number of amides is 2.